The summed E-state index contributed by atoms with van der Waals surface area (Å²) < 4.78 is 0. The molecule has 0 fully saturated rings. The maximum Gasteiger partial charge on any atom is 0.328 e. The molecule has 0 aliphatic heterocycles. The van der Waals surface area contributed by atoms with Crippen molar-refractivity contribution in [1.82, 2.24) is 16.0 Å². The maximum atomic E-state index is 12.5. The number of aliphatic hydroxyl groups excluding tert-OH is 2. The molecular formula is C16H27N5O10. The first-order valence-corrected chi connectivity index (χ1v) is 8.98. The SMILES string of the molecule is CC(O)C(N)C(=O)NC(CCC(N)=O)C(=O)NC(CC(=O)O)C(=O)NC(CO)C(=O)O. The van der Waals surface area contributed by atoms with E-state index in [0.717, 1.165) is 0 Å². The molecule has 0 rings (SSSR count). The van der Waals surface area contributed by atoms with Gasteiger partial charge in [0, 0.05) is 6.42 Å². The molecule has 0 saturated carbocycles. The molecule has 5 unspecified atom stereocenters. The molecule has 0 aromatic carbocycles. The van der Waals surface area contributed by atoms with E-state index < -0.39 is 78.9 Å². The number of hydrogen-bond acceptors (Lipinski definition) is 9. The predicted molar refractivity (Wildman–Crippen MR) is 101 cm³/mol. The minimum Gasteiger partial charge on any atom is -0.481 e. The molecule has 0 aromatic rings. The Hall–Kier alpha value is -3.30. The lowest BCUT2D eigenvalue weighted by Crippen LogP contribution is -2.58. The number of carboxylic acids is 2. The van der Waals surface area contributed by atoms with Gasteiger partial charge < -0.3 is 47.8 Å². The highest BCUT2D eigenvalue weighted by Gasteiger charge is 2.32. The topological polar surface area (TPSA) is 271 Å². The Balaban J connectivity index is 5.51. The quantitative estimate of drug-likeness (QED) is 0.121. The van der Waals surface area contributed by atoms with Crippen molar-refractivity contribution in [1.29, 1.82) is 0 Å². The van der Waals surface area contributed by atoms with Crippen molar-refractivity contribution in [2.24, 2.45) is 11.5 Å². The molecule has 0 heterocycles. The zero-order valence-corrected chi connectivity index (χ0v) is 16.6. The first-order chi connectivity index (χ1) is 14.3. The van der Waals surface area contributed by atoms with Gasteiger partial charge in [-0.2, -0.15) is 0 Å². The fourth-order valence-electron chi connectivity index (χ4n) is 2.16. The molecule has 0 saturated heterocycles. The third-order valence-corrected chi connectivity index (χ3v) is 3.94. The van der Waals surface area contributed by atoms with E-state index in [1.54, 1.807) is 0 Å². The summed E-state index contributed by atoms with van der Waals surface area (Å²) in [6.45, 7) is 0.222. The highest BCUT2D eigenvalue weighted by molar-refractivity contribution is 5.95. The summed E-state index contributed by atoms with van der Waals surface area (Å²) >= 11 is 0. The Kier molecular flexibility index (Phi) is 11.7. The van der Waals surface area contributed by atoms with Gasteiger partial charge in [0.1, 0.15) is 24.2 Å². The van der Waals surface area contributed by atoms with Crippen LogP contribution in [0, 0.1) is 0 Å². The summed E-state index contributed by atoms with van der Waals surface area (Å²) in [6.07, 6.45) is -2.95. The fourth-order valence-corrected chi connectivity index (χ4v) is 2.16. The first-order valence-electron chi connectivity index (χ1n) is 8.98. The molecule has 0 radical (unpaired) electrons. The van der Waals surface area contributed by atoms with Crippen LogP contribution in [0.2, 0.25) is 0 Å². The lowest BCUT2D eigenvalue weighted by molar-refractivity contribution is -0.144. The monoisotopic (exact) mass is 449 g/mol. The molecule has 15 nitrogen and oxygen atoms in total. The van der Waals surface area contributed by atoms with Crippen LogP contribution in [-0.2, 0) is 28.8 Å². The molecule has 0 aromatic heterocycles. The van der Waals surface area contributed by atoms with Crippen LogP contribution in [0.1, 0.15) is 26.2 Å². The minimum atomic E-state index is -1.78. The normalized spacial score (nSPS) is 15.5. The van der Waals surface area contributed by atoms with Gasteiger partial charge in [-0.1, -0.05) is 0 Å². The molecule has 31 heavy (non-hydrogen) atoms. The van der Waals surface area contributed by atoms with Crippen LogP contribution < -0.4 is 27.4 Å². The highest BCUT2D eigenvalue weighted by atomic mass is 16.4. The molecule has 0 bridgehead atoms. The summed E-state index contributed by atoms with van der Waals surface area (Å²) in [4.78, 5) is 69.8. The van der Waals surface area contributed by atoms with Gasteiger partial charge in [0.05, 0.1) is 19.1 Å². The molecular weight excluding hydrogens is 422 g/mol. The Morgan fingerprint density at radius 2 is 1.35 bits per heavy atom. The van der Waals surface area contributed by atoms with E-state index in [0.29, 0.717) is 0 Å². The van der Waals surface area contributed by atoms with Gasteiger partial charge in [0.15, 0.2) is 0 Å². The summed E-state index contributed by atoms with van der Waals surface area (Å²) in [6, 6.07) is -6.45. The summed E-state index contributed by atoms with van der Waals surface area (Å²) in [5, 5.41) is 42.3. The smallest absolute Gasteiger partial charge is 0.328 e. The Labute approximate surface area is 176 Å². The van der Waals surface area contributed by atoms with Gasteiger partial charge in [-0.3, -0.25) is 24.0 Å². The van der Waals surface area contributed by atoms with E-state index >= 15 is 0 Å². The van der Waals surface area contributed by atoms with E-state index in [9.17, 15) is 33.9 Å². The standard InChI is InChI=1S/C16H27N5O10/c1-6(23)12(18)15(29)19-7(2-3-10(17)24)13(27)20-8(4-11(25)26)14(28)21-9(5-22)16(30)31/h6-9,12,22-23H,2-5,18H2,1H3,(H2,17,24)(H,19,29)(H,20,27)(H,21,28)(H,25,26)(H,30,31). The predicted octanol–water partition coefficient (Wildman–Crippen LogP) is -5.03. The number of carbonyl (C=O) groups excluding carboxylic acids is 4. The number of amides is 4. The molecule has 11 N–H and O–H groups in total. The Bertz CT molecular complexity index is 698. The molecule has 0 aliphatic carbocycles. The zero-order chi connectivity index (χ0) is 24.3. The molecule has 15 heteroatoms. The van der Waals surface area contributed by atoms with Crippen LogP contribution in [0.15, 0.2) is 0 Å². The van der Waals surface area contributed by atoms with Crippen molar-refractivity contribution in [3.63, 3.8) is 0 Å². The number of carbonyl (C=O) groups is 6. The number of primary amides is 1. The van der Waals surface area contributed by atoms with Gasteiger partial charge in [0.2, 0.25) is 23.6 Å². The maximum absolute atomic E-state index is 12.5. The highest BCUT2D eigenvalue weighted by Crippen LogP contribution is 2.03. The second-order valence-electron chi connectivity index (χ2n) is 6.57. The molecule has 0 spiro atoms. The van der Waals surface area contributed by atoms with E-state index in [1.807, 2.05) is 10.6 Å². The van der Waals surface area contributed by atoms with E-state index in [4.69, 9.17) is 26.8 Å². The average molecular weight is 449 g/mol. The number of carboxylic acid groups (broad SMARTS) is 2. The molecule has 0 aliphatic rings. The lowest BCUT2D eigenvalue weighted by Gasteiger charge is -2.24. The second-order valence-corrected chi connectivity index (χ2v) is 6.57. The van der Waals surface area contributed by atoms with E-state index in [-0.39, 0.29) is 12.8 Å². The van der Waals surface area contributed by atoms with Crippen molar-refractivity contribution in [2.45, 2.75) is 56.5 Å². The lowest BCUT2D eigenvalue weighted by atomic mass is 10.1. The number of nitrogens with two attached hydrogens (primary N) is 2. The third-order valence-electron chi connectivity index (χ3n) is 3.94. The molecule has 4 amide bonds. The van der Waals surface area contributed by atoms with Crippen LogP contribution in [0.4, 0.5) is 0 Å². The number of nitrogens with one attached hydrogen (secondary N) is 3. The van der Waals surface area contributed by atoms with Gasteiger partial charge in [-0.25, -0.2) is 4.79 Å². The van der Waals surface area contributed by atoms with Crippen molar-refractivity contribution < 1.29 is 49.2 Å². The van der Waals surface area contributed by atoms with Gasteiger partial charge in [-0.15, -0.1) is 0 Å². The second kappa shape index (κ2) is 13.1. The number of hydrogen-bond donors (Lipinski definition) is 9. The van der Waals surface area contributed by atoms with Crippen molar-refractivity contribution in [2.75, 3.05) is 6.61 Å². The van der Waals surface area contributed by atoms with Crippen LogP contribution in [0.3, 0.4) is 0 Å². The summed E-state index contributed by atoms with van der Waals surface area (Å²) in [5.74, 6) is -7.23. The van der Waals surface area contributed by atoms with Gasteiger partial charge >= 0.3 is 11.9 Å². The summed E-state index contributed by atoms with van der Waals surface area (Å²) in [5.41, 5.74) is 10.5. The van der Waals surface area contributed by atoms with Crippen molar-refractivity contribution in [3.8, 4) is 0 Å². The zero-order valence-electron chi connectivity index (χ0n) is 16.6. The van der Waals surface area contributed by atoms with Crippen molar-refractivity contribution in [3.05, 3.63) is 0 Å². The number of rotatable bonds is 14. The average Bonchev–Trinajstić information content (AvgIpc) is 2.66. The fraction of sp³-hybridized carbons (Fsp3) is 0.625. The van der Waals surface area contributed by atoms with Crippen LogP contribution >= 0.6 is 0 Å². The van der Waals surface area contributed by atoms with Crippen LogP contribution in [0.5, 0.6) is 0 Å². The first kappa shape index (κ1) is 27.7. The summed E-state index contributed by atoms with van der Waals surface area (Å²) in [7, 11) is 0. The van der Waals surface area contributed by atoms with Crippen molar-refractivity contribution >= 4 is 35.6 Å². The Morgan fingerprint density at radius 1 is 0.871 bits per heavy atom. The largest absolute Gasteiger partial charge is 0.481 e. The van der Waals surface area contributed by atoms with Crippen LogP contribution in [0.25, 0.3) is 0 Å². The van der Waals surface area contributed by atoms with E-state index in [1.165, 1.54) is 6.92 Å². The Morgan fingerprint density at radius 3 is 1.77 bits per heavy atom. The van der Waals surface area contributed by atoms with Crippen LogP contribution in [-0.4, -0.2) is 92.9 Å². The van der Waals surface area contributed by atoms with Gasteiger partial charge in [-0.05, 0) is 13.3 Å². The number of aliphatic carboxylic acids is 2. The minimum absolute atomic E-state index is 0.338. The number of aliphatic hydroxyl groups is 2. The molecule has 176 valence electrons. The third kappa shape index (κ3) is 10.3. The van der Waals surface area contributed by atoms with E-state index in [2.05, 4.69) is 5.32 Å². The molecule has 5 atom stereocenters. The van der Waals surface area contributed by atoms with Gasteiger partial charge in [0.25, 0.3) is 0 Å².